The minimum atomic E-state index is -3.06. The summed E-state index contributed by atoms with van der Waals surface area (Å²) in [6.07, 6.45) is 6.41. The van der Waals surface area contributed by atoms with Crippen molar-refractivity contribution in [2.75, 3.05) is 18.1 Å². The van der Waals surface area contributed by atoms with Crippen molar-refractivity contribution in [3.8, 4) is 0 Å². The molecule has 1 saturated heterocycles. The lowest BCUT2D eigenvalue weighted by atomic mass is 9.43. The SMILES string of the molecule is Cc1ccc(C23CC4CC(CC(C(=O)OCC(=O)NC5CCS(=O)(=O)C5)(C4)C2)C3)cc1C. The zero-order chi connectivity index (χ0) is 22.7. The molecule has 32 heavy (non-hydrogen) atoms. The molecule has 6 rings (SSSR count). The van der Waals surface area contributed by atoms with Crippen LogP contribution in [-0.2, 0) is 29.6 Å². The van der Waals surface area contributed by atoms with Gasteiger partial charge in [0.15, 0.2) is 16.4 Å². The van der Waals surface area contributed by atoms with Gasteiger partial charge in [0, 0.05) is 6.04 Å². The lowest BCUT2D eigenvalue weighted by molar-refractivity contribution is -0.175. The minimum absolute atomic E-state index is 0.0293. The van der Waals surface area contributed by atoms with E-state index in [1.54, 1.807) is 0 Å². The number of benzene rings is 1. The quantitative estimate of drug-likeness (QED) is 0.684. The van der Waals surface area contributed by atoms with Crippen molar-refractivity contribution >= 4 is 21.7 Å². The Kier molecular flexibility index (Phi) is 5.19. The van der Waals surface area contributed by atoms with Crippen molar-refractivity contribution in [2.45, 2.75) is 70.3 Å². The first kappa shape index (κ1) is 21.9. The molecule has 1 N–H and O–H groups in total. The number of esters is 1. The molecule has 1 aromatic carbocycles. The molecule has 6 nitrogen and oxygen atoms in total. The van der Waals surface area contributed by atoms with E-state index in [0.29, 0.717) is 18.3 Å². The Morgan fingerprint density at radius 1 is 1.09 bits per heavy atom. The molecule has 0 spiro atoms. The van der Waals surface area contributed by atoms with Gasteiger partial charge in [0.1, 0.15) is 0 Å². The molecular weight excluding hydrogens is 426 g/mol. The average Bonchev–Trinajstić information content (AvgIpc) is 3.05. The molecule has 1 heterocycles. The molecule has 7 heteroatoms. The third kappa shape index (κ3) is 3.87. The highest BCUT2D eigenvalue weighted by Crippen LogP contribution is 2.66. The van der Waals surface area contributed by atoms with Crippen LogP contribution in [0.3, 0.4) is 0 Å². The van der Waals surface area contributed by atoms with Gasteiger partial charge >= 0.3 is 5.97 Å². The van der Waals surface area contributed by atoms with Crippen LogP contribution in [0.1, 0.15) is 61.6 Å². The molecule has 5 aliphatic rings. The second-order valence-electron chi connectivity index (χ2n) is 11.1. The first-order valence-electron chi connectivity index (χ1n) is 11.8. The summed E-state index contributed by atoms with van der Waals surface area (Å²) in [5.41, 5.74) is 3.46. The molecule has 4 saturated carbocycles. The predicted molar refractivity (Wildman–Crippen MR) is 121 cm³/mol. The highest BCUT2D eigenvalue weighted by Gasteiger charge is 2.61. The van der Waals surface area contributed by atoms with Crippen LogP contribution in [0.4, 0.5) is 0 Å². The molecule has 0 radical (unpaired) electrons. The fraction of sp³-hybridized carbons (Fsp3) is 0.680. The van der Waals surface area contributed by atoms with Gasteiger partial charge in [-0.1, -0.05) is 18.2 Å². The molecule has 3 atom stereocenters. The lowest BCUT2D eigenvalue weighted by Gasteiger charge is -2.61. The molecule has 0 aromatic heterocycles. The molecule has 1 amide bonds. The Balaban J connectivity index is 1.28. The monoisotopic (exact) mass is 459 g/mol. The number of sulfone groups is 1. The van der Waals surface area contributed by atoms with Crippen LogP contribution in [0.2, 0.25) is 0 Å². The van der Waals surface area contributed by atoms with E-state index in [2.05, 4.69) is 37.4 Å². The van der Waals surface area contributed by atoms with Crippen LogP contribution in [0, 0.1) is 31.1 Å². The van der Waals surface area contributed by atoms with E-state index in [9.17, 15) is 18.0 Å². The van der Waals surface area contributed by atoms with Crippen molar-refractivity contribution in [3.05, 3.63) is 34.9 Å². The Bertz CT molecular complexity index is 1050. The predicted octanol–water partition coefficient (Wildman–Crippen LogP) is 2.99. The van der Waals surface area contributed by atoms with Crippen LogP contribution >= 0.6 is 0 Å². The summed E-state index contributed by atoms with van der Waals surface area (Å²) in [5, 5.41) is 2.71. The molecule has 3 unspecified atom stereocenters. The molecule has 1 aromatic rings. The van der Waals surface area contributed by atoms with Gasteiger partial charge in [-0.25, -0.2) is 8.42 Å². The number of amides is 1. The lowest BCUT2D eigenvalue weighted by Crippen LogP contribution is -2.57. The molecule has 1 aliphatic heterocycles. The highest BCUT2D eigenvalue weighted by atomic mass is 32.2. The van der Waals surface area contributed by atoms with E-state index in [1.165, 1.54) is 23.1 Å². The summed E-state index contributed by atoms with van der Waals surface area (Å²) in [4.78, 5) is 25.7. The van der Waals surface area contributed by atoms with Crippen molar-refractivity contribution in [1.82, 2.24) is 5.32 Å². The Morgan fingerprint density at radius 3 is 2.44 bits per heavy atom. The van der Waals surface area contributed by atoms with E-state index in [0.717, 1.165) is 32.1 Å². The summed E-state index contributed by atoms with van der Waals surface area (Å²) >= 11 is 0. The van der Waals surface area contributed by atoms with Crippen molar-refractivity contribution in [3.63, 3.8) is 0 Å². The maximum atomic E-state index is 13.3. The first-order valence-corrected chi connectivity index (χ1v) is 13.7. The minimum Gasteiger partial charge on any atom is -0.455 e. The zero-order valence-electron chi connectivity index (χ0n) is 19.0. The van der Waals surface area contributed by atoms with E-state index < -0.39 is 21.2 Å². The Morgan fingerprint density at radius 2 is 1.81 bits per heavy atom. The number of nitrogens with one attached hydrogen (secondary N) is 1. The second-order valence-corrected chi connectivity index (χ2v) is 13.3. The van der Waals surface area contributed by atoms with Crippen molar-refractivity contribution in [1.29, 1.82) is 0 Å². The maximum Gasteiger partial charge on any atom is 0.312 e. The van der Waals surface area contributed by atoms with Gasteiger partial charge in [0.05, 0.1) is 16.9 Å². The fourth-order valence-electron chi connectivity index (χ4n) is 7.37. The standard InChI is InChI=1S/C25H33NO5S/c1-16-3-4-20(7-17(16)2)24-9-18-8-19(10-24)12-25(11-18,15-24)23(28)31-13-22(27)26-21-5-6-32(29,30)14-21/h3-4,7,18-19,21H,5-6,8-15H2,1-2H3,(H,26,27). The number of ether oxygens (including phenoxy) is 1. The number of carbonyl (C=O) groups excluding carboxylic acids is 2. The second kappa shape index (κ2) is 7.57. The zero-order valence-corrected chi connectivity index (χ0v) is 19.8. The highest BCUT2D eigenvalue weighted by molar-refractivity contribution is 7.91. The number of rotatable bonds is 5. The van der Waals surface area contributed by atoms with Crippen molar-refractivity contribution in [2.24, 2.45) is 17.3 Å². The topological polar surface area (TPSA) is 89.5 Å². The van der Waals surface area contributed by atoms with Crippen molar-refractivity contribution < 1.29 is 22.7 Å². The summed E-state index contributed by atoms with van der Waals surface area (Å²) in [6.45, 7) is 3.95. The largest absolute Gasteiger partial charge is 0.455 e. The van der Waals surface area contributed by atoms with Gasteiger partial charge in [0.2, 0.25) is 0 Å². The summed E-state index contributed by atoms with van der Waals surface area (Å²) in [7, 11) is -3.06. The number of carbonyl (C=O) groups is 2. The summed E-state index contributed by atoms with van der Waals surface area (Å²) in [5.74, 6) is 0.483. The van der Waals surface area contributed by atoms with E-state index in [1.807, 2.05) is 0 Å². The molecular formula is C25H33NO5S. The van der Waals surface area contributed by atoms with Crippen LogP contribution < -0.4 is 5.32 Å². The van der Waals surface area contributed by atoms with Crippen LogP contribution in [0.25, 0.3) is 0 Å². The Hall–Kier alpha value is -1.89. The average molecular weight is 460 g/mol. The van der Waals surface area contributed by atoms with Crippen LogP contribution in [-0.4, -0.2) is 44.4 Å². The van der Waals surface area contributed by atoms with Gasteiger partial charge in [-0.3, -0.25) is 9.59 Å². The molecule has 4 bridgehead atoms. The first-order chi connectivity index (χ1) is 15.1. The fourth-order valence-corrected chi connectivity index (χ4v) is 9.05. The molecule has 5 fully saturated rings. The molecule has 4 aliphatic carbocycles. The third-order valence-corrected chi connectivity index (χ3v) is 10.3. The third-order valence-electron chi connectivity index (χ3n) is 8.55. The molecule has 174 valence electrons. The normalized spacial score (nSPS) is 36.8. The Labute approximate surface area is 190 Å². The number of hydrogen-bond acceptors (Lipinski definition) is 5. The van der Waals surface area contributed by atoms with E-state index >= 15 is 0 Å². The van der Waals surface area contributed by atoms with Crippen LogP contribution in [0.15, 0.2) is 18.2 Å². The summed E-state index contributed by atoms with van der Waals surface area (Å²) in [6, 6.07) is 6.38. The van der Waals surface area contributed by atoms with Gasteiger partial charge in [0.25, 0.3) is 5.91 Å². The van der Waals surface area contributed by atoms with Gasteiger partial charge in [-0.05, 0) is 92.7 Å². The smallest absolute Gasteiger partial charge is 0.312 e. The van der Waals surface area contributed by atoms with Gasteiger partial charge in [-0.15, -0.1) is 0 Å². The number of aryl methyl sites for hydroxylation is 2. The van der Waals surface area contributed by atoms with Gasteiger partial charge < -0.3 is 10.1 Å². The van der Waals surface area contributed by atoms with Gasteiger partial charge in [-0.2, -0.15) is 0 Å². The van der Waals surface area contributed by atoms with E-state index in [-0.39, 0.29) is 35.5 Å². The summed E-state index contributed by atoms with van der Waals surface area (Å²) < 4.78 is 28.8. The van der Waals surface area contributed by atoms with E-state index in [4.69, 9.17) is 4.74 Å². The van der Waals surface area contributed by atoms with Crippen LogP contribution in [0.5, 0.6) is 0 Å². The maximum absolute atomic E-state index is 13.3. The number of hydrogen-bond donors (Lipinski definition) is 1.